The molecule has 5 rings (SSSR count). The summed E-state index contributed by atoms with van der Waals surface area (Å²) < 4.78 is 76.4. The molecule has 0 unspecified atom stereocenters. The van der Waals surface area contributed by atoms with Gasteiger partial charge in [0, 0.05) is 74.2 Å². The first kappa shape index (κ1) is 41.5. The third-order valence-electron chi connectivity index (χ3n) is 7.84. The zero-order chi connectivity index (χ0) is 38.8. The molecule has 2 aromatic carbocycles. The standard InChI is InChI=1S/C30H36ClN5O2.2C2HF3O2/c1-35(2)24-11-5-20(6-12-24)18-32-21-7-9-22(10-8-21)33-23-13-14-36-19-27(34-30(36)15-23)25-16-26(31)29(38-4)17-28(25)37-3;2*3-2(4,5)1(6)7/h5-6,11-17,19,21-22,32-33H,7-10,18H2,1-4H3;2*(H,6,7). The summed E-state index contributed by atoms with van der Waals surface area (Å²) in [5, 5.41) is 22.3. The maximum absolute atomic E-state index is 10.6. The van der Waals surface area contributed by atoms with E-state index in [1.54, 1.807) is 20.3 Å². The number of rotatable bonds is 9. The number of pyridine rings is 1. The smallest absolute Gasteiger partial charge is 0.490 e. The average molecular weight is 762 g/mol. The van der Waals surface area contributed by atoms with Crippen molar-refractivity contribution in [1.82, 2.24) is 14.7 Å². The lowest BCUT2D eigenvalue weighted by atomic mass is 9.91. The molecule has 0 aliphatic heterocycles. The van der Waals surface area contributed by atoms with Gasteiger partial charge in [0.1, 0.15) is 17.1 Å². The number of alkyl halides is 6. The van der Waals surface area contributed by atoms with Crippen molar-refractivity contribution in [3.05, 3.63) is 71.5 Å². The van der Waals surface area contributed by atoms with Crippen LogP contribution in [-0.4, -0.2) is 84.3 Å². The number of hydrogen-bond acceptors (Lipinski definition) is 8. The highest BCUT2D eigenvalue weighted by molar-refractivity contribution is 6.32. The van der Waals surface area contributed by atoms with Crippen LogP contribution in [0, 0.1) is 0 Å². The minimum Gasteiger partial charge on any atom is -0.496 e. The van der Waals surface area contributed by atoms with Crippen molar-refractivity contribution < 1.29 is 55.6 Å². The lowest BCUT2D eigenvalue weighted by Gasteiger charge is -2.30. The fraction of sp³-hybridized carbons (Fsp3) is 0.382. The Bertz CT molecular complexity index is 1770. The number of fused-ring (bicyclic) bond motifs is 1. The van der Waals surface area contributed by atoms with Crippen LogP contribution in [0.2, 0.25) is 5.02 Å². The van der Waals surface area contributed by atoms with Gasteiger partial charge in [-0.05, 0) is 55.5 Å². The van der Waals surface area contributed by atoms with E-state index in [1.807, 2.05) is 22.9 Å². The van der Waals surface area contributed by atoms with Gasteiger partial charge in [0.2, 0.25) is 0 Å². The zero-order valence-electron chi connectivity index (χ0n) is 28.5. The number of aliphatic carboxylic acids is 2. The molecule has 1 aliphatic carbocycles. The molecule has 0 amide bonds. The van der Waals surface area contributed by atoms with Crippen molar-refractivity contribution >= 4 is 40.6 Å². The van der Waals surface area contributed by atoms with Crippen molar-refractivity contribution in [3.8, 4) is 22.8 Å². The van der Waals surface area contributed by atoms with Gasteiger partial charge in [-0.1, -0.05) is 23.7 Å². The molecule has 2 heterocycles. The first-order chi connectivity index (χ1) is 24.3. The summed E-state index contributed by atoms with van der Waals surface area (Å²) >= 11 is 6.39. The van der Waals surface area contributed by atoms with E-state index in [-0.39, 0.29) is 0 Å². The number of halogens is 7. The zero-order valence-corrected chi connectivity index (χ0v) is 29.2. The molecule has 4 N–H and O–H groups in total. The van der Waals surface area contributed by atoms with Crippen LogP contribution in [0.5, 0.6) is 11.5 Å². The Morgan fingerprint density at radius 3 is 1.92 bits per heavy atom. The van der Waals surface area contributed by atoms with Gasteiger partial charge in [-0.2, -0.15) is 26.3 Å². The van der Waals surface area contributed by atoms with Crippen LogP contribution in [0.4, 0.5) is 37.7 Å². The molecule has 0 saturated heterocycles. The predicted octanol–water partition coefficient (Wildman–Crippen LogP) is 7.52. The Morgan fingerprint density at radius 2 is 1.42 bits per heavy atom. The van der Waals surface area contributed by atoms with E-state index in [0.717, 1.165) is 42.0 Å². The van der Waals surface area contributed by atoms with Gasteiger partial charge in [0.15, 0.2) is 0 Å². The lowest BCUT2D eigenvalue weighted by Crippen LogP contribution is -2.36. The maximum Gasteiger partial charge on any atom is 0.490 e. The van der Waals surface area contributed by atoms with Crippen molar-refractivity contribution in [1.29, 1.82) is 0 Å². The third kappa shape index (κ3) is 12.1. The highest BCUT2D eigenvalue weighted by Gasteiger charge is 2.39. The lowest BCUT2D eigenvalue weighted by molar-refractivity contribution is -0.193. The molecule has 52 heavy (non-hydrogen) atoms. The van der Waals surface area contributed by atoms with Crippen LogP contribution in [0.3, 0.4) is 0 Å². The average Bonchev–Trinajstić information content (AvgIpc) is 3.51. The van der Waals surface area contributed by atoms with Crippen molar-refractivity contribution in [3.63, 3.8) is 0 Å². The highest BCUT2D eigenvalue weighted by Crippen LogP contribution is 2.38. The molecule has 0 atom stereocenters. The molecule has 4 aromatic rings. The van der Waals surface area contributed by atoms with Crippen LogP contribution < -0.4 is 25.0 Å². The topological polar surface area (TPSA) is 138 Å². The number of nitrogens with one attached hydrogen (secondary N) is 2. The highest BCUT2D eigenvalue weighted by atomic mass is 35.5. The Hall–Kier alpha value is -4.90. The number of hydrogen-bond donors (Lipinski definition) is 4. The van der Waals surface area contributed by atoms with E-state index in [4.69, 9.17) is 45.9 Å². The van der Waals surface area contributed by atoms with Crippen LogP contribution in [0.25, 0.3) is 16.9 Å². The minimum absolute atomic E-state index is 0.463. The molecule has 1 aliphatic rings. The van der Waals surface area contributed by atoms with Crippen LogP contribution >= 0.6 is 11.6 Å². The maximum atomic E-state index is 10.6. The second-order valence-electron chi connectivity index (χ2n) is 11.7. The molecule has 0 spiro atoms. The molecule has 2 aromatic heterocycles. The molecule has 284 valence electrons. The predicted molar refractivity (Wildman–Crippen MR) is 183 cm³/mol. The number of methoxy groups -OCH3 is 2. The molecule has 0 radical (unpaired) electrons. The quantitative estimate of drug-likeness (QED) is 0.127. The summed E-state index contributed by atoms with van der Waals surface area (Å²) in [7, 11) is 7.37. The summed E-state index contributed by atoms with van der Waals surface area (Å²) in [6.07, 6.45) is -1.51. The van der Waals surface area contributed by atoms with Gasteiger partial charge in [0.25, 0.3) is 0 Å². The van der Waals surface area contributed by atoms with Gasteiger partial charge >= 0.3 is 24.3 Å². The number of carboxylic acid groups (broad SMARTS) is 2. The molecule has 0 bridgehead atoms. The van der Waals surface area contributed by atoms with E-state index in [2.05, 4.69) is 66.0 Å². The van der Waals surface area contributed by atoms with Crippen LogP contribution in [0.1, 0.15) is 31.2 Å². The molecule has 1 saturated carbocycles. The SMILES string of the molecule is COc1cc(OC)c(-c2cn3ccc(NC4CCC(NCc5ccc(N(C)C)cc5)CC4)cc3n2)cc1Cl.O=C(O)C(F)(F)F.O=C(O)C(F)(F)F. The number of carbonyl (C=O) groups is 2. The van der Waals surface area contributed by atoms with Crippen LogP contribution in [-0.2, 0) is 16.1 Å². The molecular formula is C34H38ClF6N5O6. The summed E-state index contributed by atoms with van der Waals surface area (Å²) in [5.74, 6) is -4.27. The summed E-state index contributed by atoms with van der Waals surface area (Å²) in [5.41, 5.74) is 6.15. The Morgan fingerprint density at radius 1 is 0.885 bits per heavy atom. The molecule has 18 heteroatoms. The molecule has 11 nitrogen and oxygen atoms in total. The Balaban J connectivity index is 0.000000441. The fourth-order valence-electron chi connectivity index (χ4n) is 5.11. The van der Waals surface area contributed by atoms with Gasteiger partial charge in [-0.3, -0.25) is 0 Å². The summed E-state index contributed by atoms with van der Waals surface area (Å²) in [4.78, 5) is 24.8. The second-order valence-corrected chi connectivity index (χ2v) is 12.1. The second kappa shape index (κ2) is 18.0. The van der Waals surface area contributed by atoms with Crippen molar-refractivity contribution in [2.75, 3.05) is 38.5 Å². The van der Waals surface area contributed by atoms with Gasteiger partial charge < -0.3 is 39.6 Å². The fourth-order valence-corrected chi connectivity index (χ4v) is 5.35. The van der Waals surface area contributed by atoms with E-state index >= 15 is 0 Å². The first-order valence-electron chi connectivity index (χ1n) is 15.6. The van der Waals surface area contributed by atoms with E-state index < -0.39 is 24.3 Å². The number of ether oxygens (including phenoxy) is 2. The number of carboxylic acids is 2. The molecular weight excluding hydrogens is 724 g/mol. The number of anilines is 2. The number of benzene rings is 2. The van der Waals surface area contributed by atoms with Gasteiger partial charge in [0.05, 0.1) is 24.9 Å². The number of nitrogens with zero attached hydrogens (tertiary/aromatic N) is 3. The monoisotopic (exact) mass is 761 g/mol. The third-order valence-corrected chi connectivity index (χ3v) is 8.14. The Labute approximate surface area is 300 Å². The summed E-state index contributed by atoms with van der Waals surface area (Å²) in [6, 6.07) is 17.7. The van der Waals surface area contributed by atoms with E-state index in [9.17, 15) is 26.3 Å². The van der Waals surface area contributed by atoms with E-state index in [0.29, 0.717) is 28.6 Å². The number of aromatic nitrogens is 2. The van der Waals surface area contributed by atoms with Gasteiger partial charge in [-0.25, -0.2) is 14.6 Å². The van der Waals surface area contributed by atoms with Crippen LogP contribution in [0.15, 0.2) is 60.9 Å². The van der Waals surface area contributed by atoms with Gasteiger partial charge in [-0.15, -0.1) is 0 Å². The minimum atomic E-state index is -5.08. The number of imidazole rings is 1. The van der Waals surface area contributed by atoms with E-state index in [1.165, 1.54) is 24.1 Å². The van der Waals surface area contributed by atoms with Crippen molar-refractivity contribution in [2.24, 2.45) is 0 Å². The molecule has 1 fully saturated rings. The summed E-state index contributed by atoms with van der Waals surface area (Å²) in [6.45, 7) is 0.916. The van der Waals surface area contributed by atoms with Crippen molar-refractivity contribution in [2.45, 2.75) is 56.7 Å². The largest absolute Gasteiger partial charge is 0.496 e. The first-order valence-corrected chi connectivity index (χ1v) is 16.0. The Kier molecular flexibility index (Phi) is 14.4. The normalized spacial score (nSPS) is 15.8.